The van der Waals surface area contributed by atoms with E-state index in [1.807, 2.05) is 25.1 Å². The largest absolute Gasteiger partial charge is 0.388 e. The van der Waals surface area contributed by atoms with Gasteiger partial charge in [-0.1, -0.05) is 16.8 Å². The number of hydrogen-bond donors (Lipinski definition) is 1. The lowest BCUT2D eigenvalue weighted by molar-refractivity contribution is 0.232. The van der Waals surface area contributed by atoms with E-state index in [2.05, 4.69) is 5.16 Å². The topological polar surface area (TPSA) is 46.3 Å². The van der Waals surface area contributed by atoms with Crippen LogP contribution in [0.2, 0.25) is 0 Å². The molecular weight excluding hydrogens is 154 g/mol. The minimum absolute atomic E-state index is 0.0973. The Balaban J connectivity index is 2.75. The van der Waals surface area contributed by atoms with E-state index in [1.54, 1.807) is 0 Å². The molecule has 0 unspecified atom stereocenters. The van der Waals surface area contributed by atoms with Gasteiger partial charge in [-0.05, 0) is 19.1 Å². The predicted molar refractivity (Wildman–Crippen MR) is 44.7 cm³/mol. The molecule has 2 aromatic rings. The van der Waals surface area contributed by atoms with Gasteiger partial charge in [0.05, 0.1) is 0 Å². The molecule has 2 rings (SSSR count). The number of aliphatic hydroxyl groups excluding tert-OH is 1. The van der Waals surface area contributed by atoms with Crippen molar-refractivity contribution < 1.29 is 9.63 Å². The van der Waals surface area contributed by atoms with E-state index < -0.39 is 0 Å². The number of benzene rings is 1. The first-order valence-corrected chi connectivity index (χ1v) is 3.77. The fourth-order valence-corrected chi connectivity index (χ4v) is 1.22. The van der Waals surface area contributed by atoms with Crippen LogP contribution >= 0.6 is 0 Å². The molecule has 0 amide bonds. The summed E-state index contributed by atoms with van der Waals surface area (Å²) in [6, 6.07) is 5.80. The number of rotatable bonds is 1. The van der Waals surface area contributed by atoms with E-state index in [-0.39, 0.29) is 6.61 Å². The van der Waals surface area contributed by atoms with E-state index >= 15 is 0 Å². The maximum atomic E-state index is 8.88. The molecule has 3 heteroatoms. The Labute approximate surface area is 69.6 Å². The molecule has 0 aliphatic carbocycles. The molecule has 1 N–H and O–H groups in total. The van der Waals surface area contributed by atoms with Crippen molar-refractivity contribution >= 4 is 10.9 Å². The minimum atomic E-state index is -0.0973. The van der Waals surface area contributed by atoms with Crippen molar-refractivity contribution in [3.63, 3.8) is 0 Å². The van der Waals surface area contributed by atoms with Crippen LogP contribution in [0.15, 0.2) is 22.7 Å². The van der Waals surface area contributed by atoms with Gasteiger partial charge in [0.25, 0.3) is 0 Å². The monoisotopic (exact) mass is 163 g/mol. The summed E-state index contributed by atoms with van der Waals surface area (Å²) in [5.74, 6) is 0.536. The molecule has 0 aliphatic heterocycles. The van der Waals surface area contributed by atoms with Crippen LogP contribution < -0.4 is 0 Å². The summed E-state index contributed by atoms with van der Waals surface area (Å²) in [4.78, 5) is 0. The molecule has 62 valence electrons. The Bertz CT molecular complexity index is 406. The quantitative estimate of drug-likeness (QED) is 0.695. The zero-order valence-corrected chi connectivity index (χ0v) is 6.74. The van der Waals surface area contributed by atoms with E-state index in [4.69, 9.17) is 9.63 Å². The molecular formula is C9H9NO2. The molecule has 0 saturated heterocycles. The SMILES string of the molecule is Cc1ccc2noc(CO)c2c1. The smallest absolute Gasteiger partial charge is 0.169 e. The highest BCUT2D eigenvalue weighted by Crippen LogP contribution is 2.19. The van der Waals surface area contributed by atoms with Gasteiger partial charge in [0.1, 0.15) is 12.1 Å². The molecule has 0 spiro atoms. The third kappa shape index (κ3) is 0.987. The average Bonchev–Trinajstić information content (AvgIpc) is 2.46. The number of aromatic nitrogens is 1. The fourth-order valence-electron chi connectivity index (χ4n) is 1.22. The molecule has 12 heavy (non-hydrogen) atoms. The molecule has 1 aromatic heterocycles. The summed E-state index contributed by atoms with van der Waals surface area (Å²) in [6.45, 7) is 1.90. The van der Waals surface area contributed by atoms with E-state index in [0.717, 1.165) is 16.5 Å². The second-order valence-corrected chi connectivity index (χ2v) is 2.78. The molecule has 3 nitrogen and oxygen atoms in total. The summed E-state index contributed by atoms with van der Waals surface area (Å²) in [5.41, 5.74) is 1.94. The lowest BCUT2D eigenvalue weighted by atomic mass is 10.1. The third-order valence-corrected chi connectivity index (χ3v) is 1.85. The first-order chi connectivity index (χ1) is 5.81. The van der Waals surface area contributed by atoms with Gasteiger partial charge in [-0.3, -0.25) is 0 Å². The maximum Gasteiger partial charge on any atom is 0.169 e. The summed E-state index contributed by atoms with van der Waals surface area (Å²) >= 11 is 0. The molecule has 0 atom stereocenters. The van der Waals surface area contributed by atoms with E-state index in [0.29, 0.717) is 5.76 Å². The van der Waals surface area contributed by atoms with Crippen LogP contribution in [0.5, 0.6) is 0 Å². The van der Waals surface area contributed by atoms with Crippen LogP contribution in [0.4, 0.5) is 0 Å². The second kappa shape index (κ2) is 2.60. The van der Waals surface area contributed by atoms with Crippen molar-refractivity contribution in [2.45, 2.75) is 13.5 Å². The van der Waals surface area contributed by atoms with Gasteiger partial charge in [0.15, 0.2) is 5.76 Å². The van der Waals surface area contributed by atoms with Crippen LogP contribution in [-0.2, 0) is 6.61 Å². The number of hydrogen-bond acceptors (Lipinski definition) is 3. The summed E-state index contributed by atoms with van der Waals surface area (Å²) in [6.07, 6.45) is 0. The Morgan fingerprint density at radius 3 is 3.08 bits per heavy atom. The van der Waals surface area contributed by atoms with Gasteiger partial charge < -0.3 is 9.63 Å². The van der Waals surface area contributed by atoms with Crippen LogP contribution in [0, 0.1) is 6.92 Å². The van der Waals surface area contributed by atoms with Gasteiger partial charge in [0, 0.05) is 5.39 Å². The zero-order chi connectivity index (χ0) is 8.55. The summed E-state index contributed by atoms with van der Waals surface area (Å²) in [7, 11) is 0. The van der Waals surface area contributed by atoms with E-state index in [9.17, 15) is 0 Å². The van der Waals surface area contributed by atoms with Crippen molar-refractivity contribution in [2.75, 3.05) is 0 Å². The second-order valence-electron chi connectivity index (χ2n) is 2.78. The standard InChI is InChI=1S/C9H9NO2/c1-6-2-3-8-7(4-6)9(5-11)12-10-8/h2-4,11H,5H2,1H3. The van der Waals surface area contributed by atoms with Crippen LogP contribution in [0.1, 0.15) is 11.3 Å². The van der Waals surface area contributed by atoms with Crippen molar-refractivity contribution in [2.24, 2.45) is 0 Å². The van der Waals surface area contributed by atoms with Gasteiger partial charge in [0.2, 0.25) is 0 Å². The minimum Gasteiger partial charge on any atom is -0.388 e. The average molecular weight is 163 g/mol. The molecule has 0 bridgehead atoms. The summed E-state index contributed by atoms with van der Waals surface area (Å²) < 4.78 is 4.92. The zero-order valence-electron chi connectivity index (χ0n) is 6.74. The Morgan fingerprint density at radius 2 is 2.33 bits per heavy atom. The lowest BCUT2D eigenvalue weighted by Crippen LogP contribution is -1.79. The number of nitrogens with zero attached hydrogens (tertiary/aromatic N) is 1. The first kappa shape index (κ1) is 7.31. The van der Waals surface area contributed by atoms with Crippen LogP contribution in [0.25, 0.3) is 10.9 Å². The van der Waals surface area contributed by atoms with Crippen molar-refractivity contribution in [3.8, 4) is 0 Å². The van der Waals surface area contributed by atoms with Crippen LogP contribution in [0.3, 0.4) is 0 Å². The Hall–Kier alpha value is -1.35. The van der Waals surface area contributed by atoms with Gasteiger partial charge in [-0.15, -0.1) is 0 Å². The maximum absolute atomic E-state index is 8.88. The number of aryl methyl sites for hydroxylation is 1. The fraction of sp³-hybridized carbons (Fsp3) is 0.222. The molecule has 0 saturated carbocycles. The third-order valence-electron chi connectivity index (χ3n) is 1.85. The number of fused-ring (bicyclic) bond motifs is 1. The molecule has 0 aliphatic rings. The highest BCUT2D eigenvalue weighted by atomic mass is 16.5. The van der Waals surface area contributed by atoms with E-state index in [1.165, 1.54) is 0 Å². The highest BCUT2D eigenvalue weighted by molar-refractivity contribution is 5.80. The molecule has 0 radical (unpaired) electrons. The Morgan fingerprint density at radius 1 is 1.50 bits per heavy atom. The predicted octanol–water partition coefficient (Wildman–Crippen LogP) is 1.63. The highest BCUT2D eigenvalue weighted by Gasteiger charge is 2.05. The lowest BCUT2D eigenvalue weighted by Gasteiger charge is -1.91. The van der Waals surface area contributed by atoms with Crippen molar-refractivity contribution in [1.29, 1.82) is 0 Å². The van der Waals surface area contributed by atoms with Crippen molar-refractivity contribution in [1.82, 2.24) is 5.16 Å². The molecule has 1 heterocycles. The normalized spacial score (nSPS) is 10.8. The van der Waals surface area contributed by atoms with Gasteiger partial charge in [-0.2, -0.15) is 0 Å². The van der Waals surface area contributed by atoms with Gasteiger partial charge >= 0.3 is 0 Å². The summed E-state index contributed by atoms with van der Waals surface area (Å²) in [5, 5.41) is 13.6. The van der Waals surface area contributed by atoms with Gasteiger partial charge in [-0.25, -0.2) is 0 Å². The molecule has 1 aromatic carbocycles. The first-order valence-electron chi connectivity index (χ1n) is 3.77. The van der Waals surface area contributed by atoms with Crippen LogP contribution in [-0.4, -0.2) is 10.3 Å². The van der Waals surface area contributed by atoms with Crippen molar-refractivity contribution in [3.05, 3.63) is 29.5 Å². The molecule has 0 fully saturated rings. The Kier molecular flexibility index (Phi) is 1.59. The number of aliphatic hydroxyl groups is 1.